The molecule has 2 aromatic rings. The Morgan fingerprint density at radius 3 is 2.62 bits per heavy atom. The summed E-state index contributed by atoms with van der Waals surface area (Å²) >= 11 is 7.87. The lowest BCUT2D eigenvalue weighted by molar-refractivity contribution is 0.101. The maximum absolute atomic E-state index is 11.5. The lowest BCUT2D eigenvalue weighted by Gasteiger charge is -2.09. The number of hydrogen-bond donors (Lipinski definition) is 0. The number of carbonyl (C=O) groups is 1. The van der Waals surface area contributed by atoms with Gasteiger partial charge in [-0.2, -0.15) is 11.8 Å². The van der Waals surface area contributed by atoms with E-state index in [1.807, 2.05) is 42.5 Å². The number of benzene rings is 2. The number of carbonyl (C=O) groups excluding carboxylic acids is 1. The second-order valence-corrected chi connectivity index (χ2v) is 6.06. The van der Waals surface area contributed by atoms with Crippen molar-refractivity contribution in [2.24, 2.45) is 0 Å². The van der Waals surface area contributed by atoms with Crippen molar-refractivity contribution in [3.8, 4) is 5.75 Å². The zero-order valence-electron chi connectivity index (χ0n) is 11.8. The van der Waals surface area contributed by atoms with E-state index in [0.717, 1.165) is 22.1 Å². The van der Waals surface area contributed by atoms with Gasteiger partial charge in [0.1, 0.15) is 5.75 Å². The number of thioether (sulfide) groups is 1. The standard InChI is InChI=1S/C17H17ClO2S/c1-13(19)15-7-3-5-9-17(15)20-10-11-21-12-14-6-2-4-8-16(14)18/h2-9H,10-12H2,1H3. The number of para-hydroxylation sites is 1. The van der Waals surface area contributed by atoms with Crippen molar-refractivity contribution in [3.05, 3.63) is 64.7 Å². The molecule has 0 bridgehead atoms. The Balaban J connectivity index is 1.78. The maximum atomic E-state index is 11.5. The molecular weight excluding hydrogens is 304 g/mol. The van der Waals surface area contributed by atoms with Crippen molar-refractivity contribution in [2.75, 3.05) is 12.4 Å². The molecule has 0 N–H and O–H groups in total. The third-order valence-electron chi connectivity index (χ3n) is 2.97. The molecule has 0 atom stereocenters. The molecule has 0 saturated carbocycles. The third kappa shape index (κ3) is 4.80. The van der Waals surface area contributed by atoms with Crippen LogP contribution >= 0.6 is 23.4 Å². The Hall–Kier alpha value is -1.45. The highest BCUT2D eigenvalue weighted by molar-refractivity contribution is 7.98. The van der Waals surface area contributed by atoms with Crippen LogP contribution in [-0.4, -0.2) is 18.1 Å². The highest BCUT2D eigenvalue weighted by atomic mass is 35.5. The van der Waals surface area contributed by atoms with Gasteiger partial charge < -0.3 is 4.74 Å². The van der Waals surface area contributed by atoms with Crippen LogP contribution < -0.4 is 4.74 Å². The van der Waals surface area contributed by atoms with Crippen molar-refractivity contribution >= 4 is 29.1 Å². The second kappa shape index (κ2) is 8.11. The van der Waals surface area contributed by atoms with Gasteiger partial charge in [-0.3, -0.25) is 4.79 Å². The minimum absolute atomic E-state index is 0.0225. The lowest BCUT2D eigenvalue weighted by Crippen LogP contribution is -2.04. The highest BCUT2D eigenvalue weighted by Gasteiger charge is 2.07. The molecule has 0 spiro atoms. The summed E-state index contributed by atoms with van der Waals surface area (Å²) in [5.74, 6) is 2.38. The van der Waals surface area contributed by atoms with Gasteiger partial charge in [0.2, 0.25) is 0 Å². The SMILES string of the molecule is CC(=O)c1ccccc1OCCSCc1ccccc1Cl. The molecule has 21 heavy (non-hydrogen) atoms. The predicted molar refractivity (Wildman–Crippen MR) is 89.6 cm³/mol. The number of ketones is 1. The number of hydrogen-bond acceptors (Lipinski definition) is 3. The van der Waals surface area contributed by atoms with E-state index >= 15 is 0 Å². The topological polar surface area (TPSA) is 26.3 Å². The van der Waals surface area contributed by atoms with E-state index in [1.54, 1.807) is 24.8 Å². The molecule has 0 heterocycles. The van der Waals surface area contributed by atoms with Crippen molar-refractivity contribution < 1.29 is 9.53 Å². The quantitative estimate of drug-likeness (QED) is 0.538. The van der Waals surface area contributed by atoms with Gasteiger partial charge in [-0.1, -0.05) is 41.9 Å². The molecule has 110 valence electrons. The first kappa shape index (κ1) is 15.9. The Kier molecular flexibility index (Phi) is 6.15. The van der Waals surface area contributed by atoms with Crippen LogP contribution in [0.5, 0.6) is 5.75 Å². The van der Waals surface area contributed by atoms with Gasteiger partial charge >= 0.3 is 0 Å². The average molecular weight is 321 g/mol. The molecule has 0 aliphatic rings. The third-order valence-corrected chi connectivity index (χ3v) is 4.31. The van der Waals surface area contributed by atoms with Crippen LogP contribution in [0, 0.1) is 0 Å². The Bertz CT molecular complexity index is 613. The second-order valence-electron chi connectivity index (χ2n) is 4.54. The van der Waals surface area contributed by atoms with E-state index in [-0.39, 0.29) is 5.78 Å². The van der Waals surface area contributed by atoms with E-state index in [0.29, 0.717) is 17.9 Å². The Labute approximate surface area is 134 Å². The first-order valence-corrected chi connectivity index (χ1v) is 8.25. The van der Waals surface area contributed by atoms with Crippen LogP contribution in [0.3, 0.4) is 0 Å². The first-order valence-electron chi connectivity index (χ1n) is 6.72. The summed E-state index contributed by atoms with van der Waals surface area (Å²) in [6, 6.07) is 15.2. The van der Waals surface area contributed by atoms with E-state index in [4.69, 9.17) is 16.3 Å². The molecule has 0 fully saturated rings. The number of Topliss-reactive ketones (excluding diaryl/α,β-unsaturated/α-hetero) is 1. The fourth-order valence-electron chi connectivity index (χ4n) is 1.89. The van der Waals surface area contributed by atoms with E-state index in [2.05, 4.69) is 0 Å². The summed E-state index contributed by atoms with van der Waals surface area (Å²) in [6.07, 6.45) is 0. The first-order chi connectivity index (χ1) is 10.2. The van der Waals surface area contributed by atoms with E-state index in [9.17, 15) is 4.79 Å². The van der Waals surface area contributed by atoms with Gasteiger partial charge in [-0.25, -0.2) is 0 Å². The van der Waals surface area contributed by atoms with Crippen LogP contribution in [0.1, 0.15) is 22.8 Å². The minimum atomic E-state index is 0.0225. The molecule has 2 nitrogen and oxygen atoms in total. The number of rotatable bonds is 7. The summed E-state index contributed by atoms with van der Waals surface area (Å²) < 4.78 is 5.69. The average Bonchev–Trinajstić information content (AvgIpc) is 2.49. The van der Waals surface area contributed by atoms with Crippen molar-refractivity contribution in [3.63, 3.8) is 0 Å². The fraction of sp³-hybridized carbons (Fsp3) is 0.235. The summed E-state index contributed by atoms with van der Waals surface area (Å²) in [6.45, 7) is 2.12. The molecule has 0 unspecified atom stereocenters. The lowest BCUT2D eigenvalue weighted by atomic mass is 10.1. The molecular formula is C17H17ClO2S. The monoisotopic (exact) mass is 320 g/mol. The van der Waals surface area contributed by atoms with Crippen molar-refractivity contribution in [1.82, 2.24) is 0 Å². The molecule has 2 aromatic carbocycles. The van der Waals surface area contributed by atoms with Crippen LogP contribution in [-0.2, 0) is 5.75 Å². The van der Waals surface area contributed by atoms with Gasteiger partial charge in [0.05, 0.1) is 12.2 Å². The van der Waals surface area contributed by atoms with Crippen LogP contribution in [0.15, 0.2) is 48.5 Å². The van der Waals surface area contributed by atoms with Crippen LogP contribution in [0.25, 0.3) is 0 Å². The van der Waals surface area contributed by atoms with Gasteiger partial charge in [-0.05, 0) is 30.7 Å². The largest absolute Gasteiger partial charge is 0.492 e. The minimum Gasteiger partial charge on any atom is -0.492 e. The smallest absolute Gasteiger partial charge is 0.163 e. The number of halogens is 1. The maximum Gasteiger partial charge on any atom is 0.163 e. The van der Waals surface area contributed by atoms with E-state index in [1.165, 1.54) is 0 Å². The summed E-state index contributed by atoms with van der Waals surface area (Å²) in [5, 5.41) is 0.799. The Morgan fingerprint density at radius 1 is 1.14 bits per heavy atom. The van der Waals surface area contributed by atoms with Gasteiger partial charge in [0.15, 0.2) is 5.78 Å². The van der Waals surface area contributed by atoms with Crippen LogP contribution in [0.2, 0.25) is 5.02 Å². The van der Waals surface area contributed by atoms with Crippen molar-refractivity contribution in [1.29, 1.82) is 0 Å². The van der Waals surface area contributed by atoms with Crippen molar-refractivity contribution in [2.45, 2.75) is 12.7 Å². The summed E-state index contributed by atoms with van der Waals surface area (Å²) in [7, 11) is 0. The molecule has 0 radical (unpaired) electrons. The predicted octanol–water partition coefficient (Wildman–Crippen LogP) is 4.85. The zero-order valence-corrected chi connectivity index (χ0v) is 13.4. The molecule has 0 saturated heterocycles. The Morgan fingerprint density at radius 2 is 1.86 bits per heavy atom. The highest BCUT2D eigenvalue weighted by Crippen LogP contribution is 2.22. The van der Waals surface area contributed by atoms with Gasteiger partial charge in [0.25, 0.3) is 0 Å². The summed E-state index contributed by atoms with van der Waals surface area (Å²) in [5.41, 5.74) is 1.77. The molecule has 0 amide bonds. The molecule has 2 rings (SSSR count). The van der Waals surface area contributed by atoms with Gasteiger partial charge in [0, 0.05) is 16.5 Å². The normalized spacial score (nSPS) is 10.4. The van der Waals surface area contributed by atoms with Gasteiger partial charge in [-0.15, -0.1) is 0 Å². The number of ether oxygens (including phenoxy) is 1. The van der Waals surface area contributed by atoms with Crippen LogP contribution in [0.4, 0.5) is 0 Å². The molecule has 0 aliphatic heterocycles. The van der Waals surface area contributed by atoms with E-state index < -0.39 is 0 Å². The zero-order chi connectivity index (χ0) is 15.1. The fourth-order valence-corrected chi connectivity index (χ4v) is 2.99. The molecule has 4 heteroatoms. The summed E-state index contributed by atoms with van der Waals surface area (Å²) in [4.78, 5) is 11.5. The molecule has 0 aromatic heterocycles. The molecule has 0 aliphatic carbocycles.